The second kappa shape index (κ2) is 3.28. The highest BCUT2D eigenvalue weighted by molar-refractivity contribution is 6.91. The van der Waals surface area contributed by atoms with Gasteiger partial charge in [-0.25, -0.2) is 0 Å². The van der Waals surface area contributed by atoms with E-state index < -0.39 is 15.2 Å². The van der Waals surface area contributed by atoms with Crippen LogP contribution in [0.25, 0.3) is 0 Å². The Bertz CT molecular complexity index is 306. The van der Waals surface area contributed by atoms with E-state index in [9.17, 15) is 0 Å². The first kappa shape index (κ1) is 10.5. The average molecular weight is 198 g/mol. The van der Waals surface area contributed by atoms with Gasteiger partial charge in [0.2, 0.25) is 0 Å². The Kier molecular flexibility index (Phi) is 2.65. The second-order valence-corrected chi connectivity index (χ2v) is 9.17. The monoisotopic (exact) mass is 198 g/mol. The van der Waals surface area contributed by atoms with Crippen molar-refractivity contribution in [3.63, 3.8) is 0 Å². The first-order valence-electron chi connectivity index (χ1n) is 4.22. The molecule has 0 spiro atoms. The molecule has 1 heterocycles. The summed E-state index contributed by atoms with van der Waals surface area (Å²) in [4.78, 5) is 0. The molecular weight excluding hydrogens is 183 g/mol. The summed E-state index contributed by atoms with van der Waals surface area (Å²) in [6.07, 6.45) is 1.53. The van der Waals surface area contributed by atoms with Gasteiger partial charge in [-0.3, -0.25) is 4.68 Å². The van der Waals surface area contributed by atoms with E-state index >= 15 is 0 Å². The fourth-order valence-electron chi connectivity index (χ4n) is 1.56. The van der Waals surface area contributed by atoms with Gasteiger partial charge in [-0.15, -0.1) is 0 Å². The standard InChI is InChI=1S/C7H15BN2O2Si/c1-10-7(13(2,3)4)6(5-9-10)8(11)12/h5,11-12H,1-4H3. The van der Waals surface area contributed by atoms with E-state index in [0.717, 1.165) is 5.32 Å². The zero-order chi connectivity index (χ0) is 10.2. The summed E-state index contributed by atoms with van der Waals surface area (Å²) < 4.78 is 1.74. The molecule has 0 bridgehead atoms. The summed E-state index contributed by atoms with van der Waals surface area (Å²) >= 11 is 0. The van der Waals surface area contributed by atoms with Crippen LogP contribution < -0.4 is 10.8 Å². The number of hydrogen-bond donors (Lipinski definition) is 2. The van der Waals surface area contributed by atoms with Crippen LogP contribution in [0, 0.1) is 0 Å². The number of hydrogen-bond acceptors (Lipinski definition) is 3. The molecular formula is C7H15BN2O2Si. The van der Waals surface area contributed by atoms with Crippen LogP contribution in [0.3, 0.4) is 0 Å². The third-order valence-electron chi connectivity index (χ3n) is 1.96. The maximum atomic E-state index is 9.11. The Balaban J connectivity index is 3.25. The van der Waals surface area contributed by atoms with Gasteiger partial charge in [-0.05, 0) is 0 Å². The lowest BCUT2D eigenvalue weighted by Gasteiger charge is -2.18. The zero-order valence-corrected chi connectivity index (χ0v) is 9.44. The number of nitrogens with zero attached hydrogens (tertiary/aromatic N) is 2. The molecule has 0 aromatic carbocycles. The number of aromatic nitrogens is 2. The van der Waals surface area contributed by atoms with Crippen molar-refractivity contribution in [2.24, 2.45) is 7.05 Å². The molecule has 0 fully saturated rings. The fourth-order valence-corrected chi connectivity index (χ4v) is 3.65. The predicted octanol–water partition coefficient (Wildman–Crippen LogP) is -1.35. The van der Waals surface area contributed by atoms with Gasteiger partial charge >= 0.3 is 7.12 Å². The van der Waals surface area contributed by atoms with Crippen molar-refractivity contribution in [1.82, 2.24) is 9.78 Å². The van der Waals surface area contributed by atoms with Crippen LogP contribution in [0.15, 0.2) is 6.20 Å². The molecule has 72 valence electrons. The van der Waals surface area contributed by atoms with Crippen LogP contribution in [0.5, 0.6) is 0 Å². The maximum absolute atomic E-state index is 9.11. The lowest BCUT2D eigenvalue weighted by Crippen LogP contribution is -2.54. The topological polar surface area (TPSA) is 58.3 Å². The van der Waals surface area contributed by atoms with E-state index in [2.05, 4.69) is 24.7 Å². The first-order valence-corrected chi connectivity index (χ1v) is 7.72. The molecule has 0 aliphatic rings. The van der Waals surface area contributed by atoms with Crippen molar-refractivity contribution in [2.75, 3.05) is 0 Å². The summed E-state index contributed by atoms with van der Waals surface area (Å²) in [5.41, 5.74) is 0.543. The predicted molar refractivity (Wildman–Crippen MR) is 56.0 cm³/mol. The average Bonchev–Trinajstić information content (AvgIpc) is 2.28. The van der Waals surface area contributed by atoms with Crippen molar-refractivity contribution in [1.29, 1.82) is 0 Å². The van der Waals surface area contributed by atoms with Crippen molar-refractivity contribution in [3.8, 4) is 0 Å². The van der Waals surface area contributed by atoms with Gasteiger partial charge in [0.05, 0.1) is 0 Å². The molecule has 0 unspecified atom stereocenters. The van der Waals surface area contributed by atoms with E-state index in [4.69, 9.17) is 10.0 Å². The van der Waals surface area contributed by atoms with Gasteiger partial charge in [-0.2, -0.15) is 5.10 Å². The van der Waals surface area contributed by atoms with Gasteiger partial charge in [0.15, 0.2) is 0 Å². The molecule has 0 saturated carbocycles. The fraction of sp³-hybridized carbons (Fsp3) is 0.571. The molecule has 0 radical (unpaired) electrons. The van der Waals surface area contributed by atoms with Gasteiger partial charge in [0.25, 0.3) is 0 Å². The SMILES string of the molecule is Cn1ncc(B(O)O)c1[Si](C)(C)C. The third kappa shape index (κ3) is 2.01. The van der Waals surface area contributed by atoms with Crippen LogP contribution in [0.1, 0.15) is 0 Å². The maximum Gasteiger partial charge on any atom is 0.491 e. The van der Waals surface area contributed by atoms with Crippen LogP contribution in [-0.2, 0) is 7.05 Å². The van der Waals surface area contributed by atoms with Gasteiger partial charge in [0, 0.05) is 24.0 Å². The second-order valence-electron chi connectivity index (χ2n) is 4.20. The van der Waals surface area contributed by atoms with Crippen molar-refractivity contribution < 1.29 is 10.0 Å². The van der Waals surface area contributed by atoms with Gasteiger partial charge in [-0.1, -0.05) is 19.6 Å². The summed E-state index contributed by atoms with van der Waals surface area (Å²) in [5.74, 6) is 0. The van der Waals surface area contributed by atoms with E-state index in [1.54, 1.807) is 4.68 Å². The minimum Gasteiger partial charge on any atom is -0.423 e. The highest BCUT2D eigenvalue weighted by Crippen LogP contribution is 1.99. The highest BCUT2D eigenvalue weighted by atomic mass is 28.3. The summed E-state index contributed by atoms with van der Waals surface area (Å²) in [5, 5.41) is 23.2. The van der Waals surface area contributed by atoms with Gasteiger partial charge in [0.1, 0.15) is 8.07 Å². The third-order valence-corrected chi connectivity index (χ3v) is 3.99. The molecule has 1 aromatic heterocycles. The molecule has 0 aliphatic carbocycles. The van der Waals surface area contributed by atoms with E-state index in [-0.39, 0.29) is 0 Å². The smallest absolute Gasteiger partial charge is 0.423 e. The highest BCUT2D eigenvalue weighted by Gasteiger charge is 2.29. The van der Waals surface area contributed by atoms with Crippen LogP contribution in [0.2, 0.25) is 19.6 Å². The van der Waals surface area contributed by atoms with Crippen LogP contribution in [-0.4, -0.2) is 35.0 Å². The van der Waals surface area contributed by atoms with Crippen LogP contribution in [0.4, 0.5) is 0 Å². The number of aryl methyl sites for hydroxylation is 1. The van der Waals surface area contributed by atoms with Crippen molar-refractivity contribution >= 4 is 26.0 Å². The zero-order valence-electron chi connectivity index (χ0n) is 8.44. The minimum atomic E-state index is -1.55. The van der Waals surface area contributed by atoms with E-state index in [1.165, 1.54) is 6.20 Å². The first-order chi connectivity index (χ1) is 5.84. The minimum absolute atomic E-state index is 0.543. The Morgan fingerprint density at radius 3 is 2.23 bits per heavy atom. The van der Waals surface area contributed by atoms with Gasteiger partial charge < -0.3 is 10.0 Å². The summed E-state index contributed by atoms with van der Waals surface area (Å²) in [6.45, 7) is 6.45. The normalized spacial score (nSPS) is 11.8. The molecule has 0 aliphatic heterocycles. The lowest BCUT2D eigenvalue weighted by molar-refractivity contribution is 0.426. The molecule has 6 heteroatoms. The van der Waals surface area contributed by atoms with Crippen molar-refractivity contribution in [2.45, 2.75) is 19.6 Å². The lowest BCUT2D eigenvalue weighted by atomic mass is 9.83. The van der Waals surface area contributed by atoms with Crippen molar-refractivity contribution in [3.05, 3.63) is 6.20 Å². The molecule has 0 atom stereocenters. The molecule has 2 N–H and O–H groups in total. The summed E-state index contributed by atoms with van der Waals surface area (Å²) in [6, 6.07) is 0. The molecule has 13 heavy (non-hydrogen) atoms. The largest absolute Gasteiger partial charge is 0.491 e. The Morgan fingerprint density at radius 2 is 1.92 bits per heavy atom. The molecule has 4 nitrogen and oxygen atoms in total. The number of rotatable bonds is 2. The van der Waals surface area contributed by atoms with Crippen LogP contribution >= 0.6 is 0 Å². The molecule has 0 saturated heterocycles. The Labute approximate surface area is 79.4 Å². The quantitative estimate of drug-likeness (QED) is 0.577. The molecule has 1 aromatic rings. The molecule has 1 rings (SSSR count). The Morgan fingerprint density at radius 1 is 1.38 bits per heavy atom. The Hall–Kier alpha value is -0.588. The van der Waals surface area contributed by atoms with E-state index in [1.807, 2.05) is 7.05 Å². The molecule has 0 amide bonds. The summed E-state index contributed by atoms with van der Waals surface area (Å²) in [7, 11) is -1.13. The van der Waals surface area contributed by atoms with E-state index in [0.29, 0.717) is 5.46 Å².